The van der Waals surface area contributed by atoms with Crippen LogP contribution in [-0.4, -0.2) is 9.13 Å². The third-order valence-corrected chi connectivity index (χ3v) is 6.66. The molecule has 5 aromatic rings. The molecule has 5 heteroatoms. The Balaban J connectivity index is 1.68. The van der Waals surface area contributed by atoms with E-state index >= 15 is 0 Å². The third kappa shape index (κ3) is 2.69. The molecule has 0 unspecified atom stereocenters. The lowest BCUT2D eigenvalue weighted by molar-refractivity contribution is 0.970. The molecule has 2 aromatic carbocycles. The maximum absolute atomic E-state index is 6.25. The van der Waals surface area contributed by atoms with Gasteiger partial charge in [0.1, 0.15) is 0 Å². The smallest absolute Gasteiger partial charge is 0.0485 e. The van der Waals surface area contributed by atoms with Gasteiger partial charge in [-0.25, -0.2) is 0 Å². The van der Waals surface area contributed by atoms with Crippen LogP contribution in [0.4, 0.5) is 0 Å². The molecule has 0 fully saturated rings. The van der Waals surface area contributed by atoms with Crippen LogP contribution in [0.3, 0.4) is 0 Å². The van der Waals surface area contributed by atoms with Crippen molar-refractivity contribution in [2.45, 2.75) is 0 Å². The molecular formula is C22H16Cl2N2S. The minimum absolute atomic E-state index is 0.760. The molecule has 0 saturated carbocycles. The number of aryl methyl sites for hydroxylation is 2. The number of thiophene rings is 1. The summed E-state index contributed by atoms with van der Waals surface area (Å²) in [5, 5.41) is 3.88. The minimum atomic E-state index is 0.760. The lowest BCUT2D eigenvalue weighted by atomic mass is 10.1. The number of halogens is 2. The Kier molecular flexibility index (Phi) is 3.87. The van der Waals surface area contributed by atoms with Gasteiger partial charge in [0.25, 0.3) is 0 Å². The van der Waals surface area contributed by atoms with E-state index in [1.54, 1.807) is 11.3 Å². The zero-order valence-electron chi connectivity index (χ0n) is 14.8. The monoisotopic (exact) mass is 410 g/mol. The van der Waals surface area contributed by atoms with E-state index in [-0.39, 0.29) is 0 Å². The Hall–Kier alpha value is -2.20. The van der Waals surface area contributed by atoms with Crippen LogP contribution in [0.2, 0.25) is 10.0 Å². The van der Waals surface area contributed by atoms with Crippen molar-refractivity contribution in [2.75, 3.05) is 0 Å². The molecule has 0 amide bonds. The molecule has 0 aliphatic carbocycles. The largest absolute Gasteiger partial charge is 0.350 e. The lowest BCUT2D eigenvalue weighted by Gasteiger charge is -1.98. The molecule has 0 aliphatic rings. The van der Waals surface area contributed by atoms with Gasteiger partial charge in [-0.15, -0.1) is 11.3 Å². The van der Waals surface area contributed by atoms with Crippen LogP contribution in [0.1, 0.15) is 0 Å². The van der Waals surface area contributed by atoms with Crippen LogP contribution in [0.15, 0.2) is 60.9 Å². The van der Waals surface area contributed by atoms with E-state index in [4.69, 9.17) is 23.2 Å². The summed E-state index contributed by atoms with van der Waals surface area (Å²) in [5.74, 6) is 0. The van der Waals surface area contributed by atoms with Gasteiger partial charge in [0.15, 0.2) is 0 Å². The number of fused-ring (bicyclic) bond motifs is 2. The van der Waals surface area contributed by atoms with Crippen molar-refractivity contribution in [3.05, 3.63) is 71.0 Å². The van der Waals surface area contributed by atoms with Crippen LogP contribution in [0.25, 0.3) is 42.7 Å². The summed E-state index contributed by atoms with van der Waals surface area (Å²) in [6.45, 7) is 0. The van der Waals surface area contributed by atoms with Gasteiger partial charge in [0.05, 0.1) is 0 Å². The number of rotatable bonds is 2. The molecular weight excluding hydrogens is 395 g/mol. The summed E-state index contributed by atoms with van der Waals surface area (Å²) >= 11 is 14.3. The molecule has 5 rings (SSSR count). The Morgan fingerprint density at radius 1 is 0.667 bits per heavy atom. The van der Waals surface area contributed by atoms with E-state index in [1.165, 1.54) is 42.7 Å². The van der Waals surface area contributed by atoms with Crippen LogP contribution >= 0.6 is 34.5 Å². The Bertz CT molecular complexity index is 1220. The maximum Gasteiger partial charge on any atom is 0.0485 e. The Morgan fingerprint density at radius 3 is 1.56 bits per heavy atom. The molecule has 0 aliphatic heterocycles. The van der Waals surface area contributed by atoms with Gasteiger partial charge >= 0.3 is 0 Å². The first kappa shape index (κ1) is 16.9. The normalized spacial score (nSPS) is 11.7. The number of benzene rings is 2. The van der Waals surface area contributed by atoms with Crippen molar-refractivity contribution in [2.24, 2.45) is 14.1 Å². The van der Waals surface area contributed by atoms with Crippen molar-refractivity contribution >= 4 is 56.3 Å². The van der Waals surface area contributed by atoms with E-state index in [2.05, 4.69) is 59.9 Å². The predicted octanol–water partition coefficient (Wildman–Crippen LogP) is 7.37. The highest BCUT2D eigenvalue weighted by Crippen LogP contribution is 2.41. The summed E-state index contributed by atoms with van der Waals surface area (Å²) in [5.41, 5.74) is 4.79. The van der Waals surface area contributed by atoms with Gasteiger partial charge < -0.3 is 9.13 Å². The molecule has 134 valence electrons. The maximum atomic E-state index is 6.25. The highest BCUT2D eigenvalue weighted by atomic mass is 35.5. The van der Waals surface area contributed by atoms with Crippen molar-refractivity contribution in [3.63, 3.8) is 0 Å². The molecule has 27 heavy (non-hydrogen) atoms. The van der Waals surface area contributed by atoms with Crippen molar-refractivity contribution in [1.29, 1.82) is 0 Å². The Morgan fingerprint density at radius 2 is 1.11 bits per heavy atom. The summed E-state index contributed by atoms with van der Waals surface area (Å²) in [6.07, 6.45) is 4.35. The van der Waals surface area contributed by atoms with Crippen molar-refractivity contribution in [3.8, 4) is 20.9 Å². The van der Waals surface area contributed by atoms with E-state index in [9.17, 15) is 0 Å². The van der Waals surface area contributed by atoms with Gasteiger partial charge in [-0.2, -0.15) is 0 Å². The van der Waals surface area contributed by atoms with Gasteiger partial charge in [-0.1, -0.05) is 23.2 Å². The molecule has 0 radical (unpaired) electrons. The fraction of sp³-hybridized carbons (Fsp3) is 0.0909. The highest BCUT2D eigenvalue weighted by Gasteiger charge is 2.15. The van der Waals surface area contributed by atoms with Gasteiger partial charge in [-0.3, -0.25) is 0 Å². The molecule has 0 bridgehead atoms. The molecule has 0 saturated heterocycles. The van der Waals surface area contributed by atoms with Crippen LogP contribution in [-0.2, 0) is 14.1 Å². The quantitative estimate of drug-likeness (QED) is 0.287. The van der Waals surface area contributed by atoms with Crippen LogP contribution in [0, 0.1) is 0 Å². The average molecular weight is 411 g/mol. The molecule has 2 nitrogen and oxygen atoms in total. The van der Waals surface area contributed by atoms with E-state index in [1.807, 2.05) is 24.3 Å². The summed E-state index contributed by atoms with van der Waals surface area (Å²) in [7, 11) is 4.14. The SMILES string of the molecule is Cn1cc(-c2ccc(-c3cn(C)c4ccc(Cl)cc34)s2)c2cc(Cl)ccc21. The summed E-state index contributed by atoms with van der Waals surface area (Å²) in [6, 6.07) is 16.5. The number of aromatic nitrogens is 2. The summed E-state index contributed by atoms with van der Waals surface area (Å²) in [4.78, 5) is 2.47. The first-order valence-electron chi connectivity index (χ1n) is 8.61. The second-order valence-electron chi connectivity index (χ2n) is 6.79. The molecule has 0 spiro atoms. The fourth-order valence-electron chi connectivity index (χ4n) is 3.75. The van der Waals surface area contributed by atoms with Crippen molar-refractivity contribution < 1.29 is 0 Å². The fourth-order valence-corrected chi connectivity index (χ4v) is 5.15. The topological polar surface area (TPSA) is 9.86 Å². The van der Waals surface area contributed by atoms with Gasteiger partial charge in [0.2, 0.25) is 0 Å². The van der Waals surface area contributed by atoms with Crippen LogP contribution in [0.5, 0.6) is 0 Å². The molecule has 0 atom stereocenters. The van der Waals surface area contributed by atoms with Crippen LogP contribution < -0.4 is 0 Å². The minimum Gasteiger partial charge on any atom is -0.350 e. The van der Waals surface area contributed by atoms with Crippen molar-refractivity contribution in [1.82, 2.24) is 9.13 Å². The predicted molar refractivity (Wildman–Crippen MR) is 118 cm³/mol. The molecule has 0 N–H and O–H groups in total. The number of hydrogen-bond donors (Lipinski definition) is 0. The molecule has 3 heterocycles. The number of hydrogen-bond acceptors (Lipinski definition) is 1. The highest BCUT2D eigenvalue weighted by molar-refractivity contribution is 7.19. The third-order valence-electron chi connectivity index (χ3n) is 5.04. The second kappa shape index (κ2) is 6.16. The summed E-state index contributed by atoms with van der Waals surface area (Å²) < 4.78 is 4.30. The standard InChI is InChI=1S/C22H16Cl2N2S/c1-25-11-17(15-9-13(23)3-5-19(15)25)21-7-8-22(27-21)18-12-26(2)20-6-4-14(24)10-16(18)20/h3-12H,1-2H3. The van der Waals surface area contributed by atoms with Gasteiger partial charge in [0, 0.05) is 79.2 Å². The zero-order valence-corrected chi connectivity index (χ0v) is 17.2. The lowest BCUT2D eigenvalue weighted by Crippen LogP contribution is -1.82. The average Bonchev–Trinajstić information content (AvgIpc) is 3.32. The first-order valence-corrected chi connectivity index (χ1v) is 10.2. The van der Waals surface area contributed by atoms with E-state index < -0.39 is 0 Å². The molecule has 3 aromatic heterocycles. The van der Waals surface area contributed by atoms with Gasteiger partial charge in [-0.05, 0) is 48.5 Å². The van der Waals surface area contributed by atoms with E-state index in [0.717, 1.165) is 10.0 Å². The Labute approximate surface area is 171 Å². The zero-order chi connectivity index (χ0) is 18.7. The first-order chi connectivity index (χ1) is 13.0. The number of nitrogens with zero attached hydrogens (tertiary/aromatic N) is 2. The second-order valence-corrected chi connectivity index (χ2v) is 8.75. The van der Waals surface area contributed by atoms with E-state index in [0.29, 0.717) is 0 Å².